The number of rotatable bonds is 1. The Hall–Kier alpha value is -1.26. The first-order chi connectivity index (χ1) is 8.58. The third kappa shape index (κ3) is 2.94. The number of nitrogens with one attached hydrogen (secondary N) is 1. The molecule has 2 amide bonds. The molecule has 0 radical (unpaired) electrons. The Morgan fingerprint density at radius 2 is 2.06 bits per heavy atom. The van der Waals surface area contributed by atoms with Crippen LogP contribution in [0.2, 0.25) is 5.02 Å². The number of halogens is 1. The predicted octanol–water partition coefficient (Wildman–Crippen LogP) is 2.98. The Morgan fingerprint density at radius 3 is 2.72 bits per heavy atom. The molecule has 0 bridgehead atoms. The molecule has 98 valence electrons. The molecule has 1 saturated heterocycles. The van der Waals surface area contributed by atoms with Gasteiger partial charge in [-0.25, -0.2) is 4.79 Å². The Labute approximate surface area is 112 Å². The van der Waals surface area contributed by atoms with Gasteiger partial charge in [-0.3, -0.25) is 0 Å². The molecule has 2 rings (SSSR count). The Bertz CT molecular complexity index is 422. The standard InChI is InChI=1S/C13H17ClN2O2/c1-9-10(2)18-8-7-16(9)13(17)15-12-5-3-11(14)4-6-12/h3-6,9-10H,7-8H2,1-2H3,(H,15,17). The molecule has 2 atom stereocenters. The monoisotopic (exact) mass is 268 g/mol. The molecule has 0 aromatic heterocycles. The quantitative estimate of drug-likeness (QED) is 0.851. The molecule has 4 nitrogen and oxygen atoms in total. The number of urea groups is 1. The summed E-state index contributed by atoms with van der Waals surface area (Å²) in [4.78, 5) is 13.9. The number of carbonyl (C=O) groups is 1. The number of hydrogen-bond acceptors (Lipinski definition) is 2. The summed E-state index contributed by atoms with van der Waals surface area (Å²) in [6.45, 7) is 5.17. The fourth-order valence-corrected chi connectivity index (χ4v) is 2.07. The second-order valence-electron chi connectivity index (χ2n) is 4.45. The van der Waals surface area contributed by atoms with Crippen molar-refractivity contribution in [2.24, 2.45) is 0 Å². The molecule has 1 fully saturated rings. The van der Waals surface area contributed by atoms with Crippen molar-refractivity contribution in [1.29, 1.82) is 0 Å². The van der Waals surface area contributed by atoms with Gasteiger partial charge in [0.25, 0.3) is 0 Å². The third-order valence-corrected chi connectivity index (χ3v) is 3.49. The molecule has 2 unspecified atom stereocenters. The van der Waals surface area contributed by atoms with Crippen molar-refractivity contribution < 1.29 is 9.53 Å². The first-order valence-corrected chi connectivity index (χ1v) is 6.40. The summed E-state index contributed by atoms with van der Waals surface area (Å²) in [6, 6.07) is 7.06. The van der Waals surface area contributed by atoms with Crippen molar-refractivity contribution in [3.8, 4) is 0 Å². The van der Waals surface area contributed by atoms with Crippen LogP contribution in [0.3, 0.4) is 0 Å². The van der Waals surface area contributed by atoms with Crippen LogP contribution in [0.4, 0.5) is 10.5 Å². The number of hydrogen-bond donors (Lipinski definition) is 1. The minimum Gasteiger partial charge on any atom is -0.375 e. The van der Waals surface area contributed by atoms with E-state index in [1.165, 1.54) is 0 Å². The summed E-state index contributed by atoms with van der Waals surface area (Å²) in [5.74, 6) is 0. The molecular formula is C13H17ClN2O2. The van der Waals surface area contributed by atoms with E-state index in [1.54, 1.807) is 29.2 Å². The lowest BCUT2D eigenvalue weighted by Gasteiger charge is -2.37. The summed E-state index contributed by atoms with van der Waals surface area (Å²) in [5.41, 5.74) is 0.746. The van der Waals surface area contributed by atoms with Gasteiger partial charge in [-0.2, -0.15) is 0 Å². The van der Waals surface area contributed by atoms with Crippen LogP contribution < -0.4 is 5.32 Å². The molecule has 1 aliphatic heterocycles. The zero-order valence-corrected chi connectivity index (χ0v) is 11.3. The van der Waals surface area contributed by atoms with Crippen molar-refractivity contribution in [1.82, 2.24) is 4.90 Å². The highest BCUT2D eigenvalue weighted by Crippen LogP contribution is 2.17. The van der Waals surface area contributed by atoms with Crippen molar-refractivity contribution in [2.45, 2.75) is 26.0 Å². The van der Waals surface area contributed by atoms with Crippen LogP contribution in [0.25, 0.3) is 0 Å². The lowest BCUT2D eigenvalue weighted by molar-refractivity contribution is -0.0355. The van der Waals surface area contributed by atoms with Gasteiger partial charge in [0.05, 0.1) is 18.8 Å². The smallest absolute Gasteiger partial charge is 0.322 e. The maximum atomic E-state index is 12.1. The van der Waals surface area contributed by atoms with Gasteiger partial charge >= 0.3 is 6.03 Å². The van der Waals surface area contributed by atoms with Gasteiger partial charge in [0, 0.05) is 17.3 Å². The van der Waals surface area contributed by atoms with E-state index in [9.17, 15) is 4.79 Å². The van der Waals surface area contributed by atoms with Gasteiger partial charge in [0.15, 0.2) is 0 Å². The zero-order chi connectivity index (χ0) is 13.1. The maximum Gasteiger partial charge on any atom is 0.322 e. The SMILES string of the molecule is CC1OCCN(C(=O)Nc2ccc(Cl)cc2)C1C. The van der Waals surface area contributed by atoms with Gasteiger partial charge in [0.1, 0.15) is 0 Å². The number of ether oxygens (including phenoxy) is 1. The van der Waals surface area contributed by atoms with Crippen molar-refractivity contribution in [3.05, 3.63) is 29.3 Å². The van der Waals surface area contributed by atoms with Gasteiger partial charge in [-0.05, 0) is 38.1 Å². The lowest BCUT2D eigenvalue weighted by atomic mass is 10.1. The predicted molar refractivity (Wildman–Crippen MR) is 72.1 cm³/mol. The van der Waals surface area contributed by atoms with E-state index in [4.69, 9.17) is 16.3 Å². The molecule has 1 aromatic carbocycles. The summed E-state index contributed by atoms with van der Waals surface area (Å²) in [7, 11) is 0. The largest absolute Gasteiger partial charge is 0.375 e. The van der Waals surface area contributed by atoms with Gasteiger partial charge in [-0.15, -0.1) is 0 Å². The van der Waals surface area contributed by atoms with Crippen LogP contribution in [0.5, 0.6) is 0 Å². The van der Waals surface area contributed by atoms with Crippen molar-refractivity contribution in [3.63, 3.8) is 0 Å². The highest BCUT2D eigenvalue weighted by atomic mass is 35.5. The topological polar surface area (TPSA) is 41.6 Å². The van der Waals surface area contributed by atoms with E-state index >= 15 is 0 Å². The first-order valence-electron chi connectivity index (χ1n) is 6.02. The molecule has 0 saturated carbocycles. The zero-order valence-electron chi connectivity index (χ0n) is 10.5. The van der Waals surface area contributed by atoms with E-state index in [2.05, 4.69) is 5.32 Å². The molecule has 1 aromatic rings. The summed E-state index contributed by atoms with van der Waals surface area (Å²) >= 11 is 5.80. The number of amides is 2. The van der Waals surface area contributed by atoms with E-state index in [0.29, 0.717) is 18.2 Å². The minimum atomic E-state index is -0.0972. The number of benzene rings is 1. The average Bonchev–Trinajstić information content (AvgIpc) is 2.35. The second kappa shape index (κ2) is 5.59. The fraction of sp³-hybridized carbons (Fsp3) is 0.462. The normalized spacial score (nSPS) is 23.8. The average molecular weight is 269 g/mol. The maximum absolute atomic E-state index is 12.1. The first kappa shape index (κ1) is 13.2. The molecule has 18 heavy (non-hydrogen) atoms. The Kier molecular flexibility index (Phi) is 4.09. The van der Waals surface area contributed by atoms with E-state index in [0.717, 1.165) is 5.69 Å². The Balaban J connectivity index is 2.01. The molecule has 0 aliphatic carbocycles. The number of morpholine rings is 1. The number of anilines is 1. The van der Waals surface area contributed by atoms with E-state index < -0.39 is 0 Å². The van der Waals surface area contributed by atoms with Crippen LogP contribution in [0.15, 0.2) is 24.3 Å². The molecule has 1 N–H and O–H groups in total. The van der Waals surface area contributed by atoms with Crippen molar-refractivity contribution >= 4 is 23.3 Å². The minimum absolute atomic E-state index is 0.0646. The van der Waals surface area contributed by atoms with Crippen LogP contribution >= 0.6 is 11.6 Å². The second-order valence-corrected chi connectivity index (χ2v) is 4.88. The number of carbonyl (C=O) groups excluding carboxylic acids is 1. The molecule has 0 spiro atoms. The van der Waals surface area contributed by atoms with Crippen LogP contribution in [-0.4, -0.2) is 36.2 Å². The fourth-order valence-electron chi connectivity index (χ4n) is 1.95. The number of nitrogens with zero attached hydrogens (tertiary/aromatic N) is 1. The molecular weight excluding hydrogens is 252 g/mol. The Morgan fingerprint density at radius 1 is 1.39 bits per heavy atom. The molecule has 5 heteroatoms. The highest BCUT2D eigenvalue weighted by molar-refractivity contribution is 6.30. The summed E-state index contributed by atoms with van der Waals surface area (Å²) in [6.07, 6.45) is 0.0646. The summed E-state index contributed by atoms with van der Waals surface area (Å²) < 4.78 is 5.50. The third-order valence-electron chi connectivity index (χ3n) is 3.24. The van der Waals surface area contributed by atoms with Gasteiger partial charge < -0.3 is 15.0 Å². The van der Waals surface area contributed by atoms with Crippen molar-refractivity contribution in [2.75, 3.05) is 18.5 Å². The van der Waals surface area contributed by atoms with Crippen LogP contribution in [-0.2, 0) is 4.74 Å². The molecule has 1 heterocycles. The van der Waals surface area contributed by atoms with E-state index in [1.807, 2.05) is 13.8 Å². The summed E-state index contributed by atoms with van der Waals surface area (Å²) in [5, 5.41) is 3.52. The highest BCUT2D eigenvalue weighted by Gasteiger charge is 2.28. The van der Waals surface area contributed by atoms with Gasteiger partial charge in [0.2, 0.25) is 0 Å². The molecule has 1 aliphatic rings. The van der Waals surface area contributed by atoms with E-state index in [-0.39, 0.29) is 18.2 Å². The van der Waals surface area contributed by atoms with Crippen LogP contribution in [0.1, 0.15) is 13.8 Å². The lowest BCUT2D eigenvalue weighted by Crippen LogP contribution is -2.52. The van der Waals surface area contributed by atoms with Crippen LogP contribution in [0, 0.1) is 0 Å². The van der Waals surface area contributed by atoms with Gasteiger partial charge in [-0.1, -0.05) is 11.6 Å².